The number of nitro benzene ring substituents is 1. The molecule has 0 saturated heterocycles. The molecule has 11 heteroatoms. The molecule has 0 radical (unpaired) electrons. The summed E-state index contributed by atoms with van der Waals surface area (Å²) >= 11 is 0. The molecule has 0 aliphatic rings. The first-order valence-electron chi connectivity index (χ1n) is 10.6. The number of hydrogen-bond donors (Lipinski definition) is 1. The van der Waals surface area contributed by atoms with Gasteiger partial charge < -0.3 is 9.72 Å². The third-order valence-corrected chi connectivity index (χ3v) is 6.19. The number of benzene rings is 2. The molecular formula is C23H27N3O7S. The van der Waals surface area contributed by atoms with Gasteiger partial charge in [0.25, 0.3) is 15.8 Å². The van der Waals surface area contributed by atoms with Crippen LogP contribution in [0, 0.1) is 17.0 Å². The van der Waals surface area contributed by atoms with Crippen molar-refractivity contribution >= 4 is 38.5 Å². The summed E-state index contributed by atoms with van der Waals surface area (Å²) in [7, 11) is -4.15. The van der Waals surface area contributed by atoms with Gasteiger partial charge in [-0.2, -0.15) is 8.42 Å². The van der Waals surface area contributed by atoms with Crippen LogP contribution in [-0.2, 0) is 25.6 Å². The number of nitrogens with one attached hydrogen (secondary N) is 1. The van der Waals surface area contributed by atoms with Crippen molar-refractivity contribution < 1.29 is 27.1 Å². The zero-order valence-corrected chi connectivity index (χ0v) is 20.4. The second-order valence-electron chi connectivity index (χ2n) is 8.72. The molecule has 0 saturated carbocycles. The van der Waals surface area contributed by atoms with Crippen molar-refractivity contribution in [1.29, 1.82) is 0 Å². The lowest BCUT2D eigenvalue weighted by Crippen LogP contribution is -2.37. The van der Waals surface area contributed by atoms with Gasteiger partial charge in [-0.3, -0.25) is 19.2 Å². The molecule has 1 amide bonds. The normalized spacial score (nSPS) is 12.0. The second-order valence-corrected chi connectivity index (χ2v) is 10.3. The molecule has 2 aromatic carbocycles. The smallest absolute Gasteiger partial charge is 0.415 e. The standard InChI is InChI=1S/C23H27N3O7S/c1-6-32-34(30,31)21-10-7-15(2)11-20(21)25(22(27)33-23(3,4)5)14-17-12-16-13-18(26(28)29)8-9-19(16)24-17/h7-13,24H,6,14H2,1-5H3. The SMILES string of the molecule is CCOS(=O)(=O)c1ccc(C)cc1N(Cc1cc2cc([N+](=O)[O-])ccc2[nH]1)C(=O)OC(C)(C)C. The predicted molar refractivity (Wildman–Crippen MR) is 127 cm³/mol. The van der Waals surface area contributed by atoms with Crippen molar-refractivity contribution in [3.05, 3.63) is 63.8 Å². The summed E-state index contributed by atoms with van der Waals surface area (Å²) in [5, 5.41) is 11.7. The van der Waals surface area contributed by atoms with Gasteiger partial charge in [-0.25, -0.2) is 4.79 Å². The molecule has 3 aromatic rings. The summed E-state index contributed by atoms with van der Waals surface area (Å²) in [6.07, 6.45) is -0.754. The molecule has 1 N–H and O–H groups in total. The topological polar surface area (TPSA) is 132 Å². The number of anilines is 1. The van der Waals surface area contributed by atoms with Gasteiger partial charge in [0.2, 0.25) is 0 Å². The van der Waals surface area contributed by atoms with Crippen molar-refractivity contribution in [1.82, 2.24) is 4.98 Å². The number of rotatable bonds is 7. The Morgan fingerprint density at radius 2 is 1.85 bits per heavy atom. The molecule has 1 heterocycles. The maximum Gasteiger partial charge on any atom is 0.415 e. The molecule has 0 aliphatic carbocycles. The molecule has 34 heavy (non-hydrogen) atoms. The number of non-ortho nitro benzene ring substituents is 1. The van der Waals surface area contributed by atoms with Crippen LogP contribution in [0.1, 0.15) is 39.0 Å². The Morgan fingerprint density at radius 3 is 2.47 bits per heavy atom. The fourth-order valence-electron chi connectivity index (χ4n) is 3.38. The number of H-pyrrole nitrogens is 1. The van der Waals surface area contributed by atoms with E-state index in [1.807, 2.05) is 0 Å². The summed E-state index contributed by atoms with van der Waals surface area (Å²) in [6.45, 7) is 8.31. The minimum atomic E-state index is -4.15. The number of aromatic nitrogens is 1. The van der Waals surface area contributed by atoms with E-state index < -0.39 is 26.7 Å². The zero-order valence-electron chi connectivity index (χ0n) is 19.6. The van der Waals surface area contributed by atoms with E-state index >= 15 is 0 Å². The Morgan fingerprint density at radius 1 is 1.15 bits per heavy atom. The van der Waals surface area contributed by atoms with E-state index in [1.54, 1.807) is 58.9 Å². The maximum absolute atomic E-state index is 13.2. The van der Waals surface area contributed by atoms with Crippen molar-refractivity contribution in [3.8, 4) is 0 Å². The molecule has 0 fully saturated rings. The molecule has 0 bridgehead atoms. The third-order valence-electron chi connectivity index (χ3n) is 4.76. The van der Waals surface area contributed by atoms with E-state index in [4.69, 9.17) is 8.92 Å². The van der Waals surface area contributed by atoms with Gasteiger partial charge in [-0.15, -0.1) is 0 Å². The average molecular weight is 490 g/mol. The first-order chi connectivity index (χ1) is 15.8. The summed E-state index contributed by atoms with van der Waals surface area (Å²) in [5.41, 5.74) is 1.10. The Bertz CT molecular complexity index is 1340. The van der Waals surface area contributed by atoms with E-state index in [1.165, 1.54) is 23.1 Å². The number of fused-ring (bicyclic) bond motifs is 1. The van der Waals surface area contributed by atoms with Crippen LogP contribution in [0.5, 0.6) is 0 Å². The van der Waals surface area contributed by atoms with Gasteiger partial charge >= 0.3 is 6.09 Å². The Labute approximate surface area is 197 Å². The van der Waals surface area contributed by atoms with Crippen molar-refractivity contribution in [3.63, 3.8) is 0 Å². The van der Waals surface area contributed by atoms with Gasteiger partial charge in [0.1, 0.15) is 10.5 Å². The predicted octanol–water partition coefficient (Wildman–Crippen LogP) is 5.05. The highest BCUT2D eigenvalue weighted by Crippen LogP contribution is 2.31. The van der Waals surface area contributed by atoms with Crippen LogP contribution in [-0.4, -0.2) is 36.6 Å². The van der Waals surface area contributed by atoms with Gasteiger partial charge in [0.15, 0.2) is 0 Å². The molecular weight excluding hydrogens is 462 g/mol. The fourth-order valence-corrected chi connectivity index (χ4v) is 4.48. The highest BCUT2D eigenvalue weighted by Gasteiger charge is 2.30. The highest BCUT2D eigenvalue weighted by molar-refractivity contribution is 7.87. The molecule has 1 aromatic heterocycles. The van der Waals surface area contributed by atoms with Crippen LogP contribution in [0.25, 0.3) is 10.9 Å². The van der Waals surface area contributed by atoms with Crippen molar-refractivity contribution in [2.45, 2.75) is 51.7 Å². The summed E-state index contributed by atoms with van der Waals surface area (Å²) in [4.78, 5) is 28.0. The fraction of sp³-hybridized carbons (Fsp3) is 0.348. The van der Waals surface area contributed by atoms with Gasteiger partial charge in [0.05, 0.1) is 23.8 Å². The lowest BCUT2D eigenvalue weighted by Gasteiger charge is -2.28. The lowest BCUT2D eigenvalue weighted by molar-refractivity contribution is -0.384. The number of ether oxygens (including phenoxy) is 1. The maximum atomic E-state index is 13.2. The van der Waals surface area contributed by atoms with E-state index in [2.05, 4.69) is 4.98 Å². The summed E-state index contributed by atoms with van der Waals surface area (Å²) in [5.74, 6) is 0. The van der Waals surface area contributed by atoms with Gasteiger partial charge in [-0.05, 0) is 64.4 Å². The van der Waals surface area contributed by atoms with E-state index in [9.17, 15) is 23.3 Å². The van der Waals surface area contributed by atoms with E-state index in [0.717, 1.165) is 5.56 Å². The largest absolute Gasteiger partial charge is 0.443 e. The number of carbonyl (C=O) groups excluding carboxylic acids is 1. The molecule has 0 aliphatic heterocycles. The first-order valence-corrected chi connectivity index (χ1v) is 12.0. The molecule has 3 rings (SSSR count). The average Bonchev–Trinajstić information content (AvgIpc) is 3.12. The quantitative estimate of drug-likeness (QED) is 0.279. The molecule has 0 unspecified atom stereocenters. The minimum absolute atomic E-state index is 0.0640. The van der Waals surface area contributed by atoms with Crippen molar-refractivity contribution in [2.24, 2.45) is 0 Å². The lowest BCUT2D eigenvalue weighted by atomic mass is 10.2. The zero-order chi connectivity index (χ0) is 25.3. The number of amides is 1. The molecule has 182 valence electrons. The highest BCUT2D eigenvalue weighted by atomic mass is 32.2. The molecule has 0 atom stereocenters. The Hall–Kier alpha value is -3.44. The number of aromatic amines is 1. The van der Waals surface area contributed by atoms with E-state index in [-0.39, 0.29) is 29.4 Å². The Kier molecular flexibility index (Phi) is 6.99. The summed E-state index contributed by atoms with van der Waals surface area (Å²) in [6, 6.07) is 10.6. The van der Waals surface area contributed by atoms with Crippen LogP contribution in [0.15, 0.2) is 47.4 Å². The van der Waals surface area contributed by atoms with Gasteiger partial charge in [-0.1, -0.05) is 6.07 Å². The number of nitrogens with zero attached hydrogens (tertiary/aromatic N) is 2. The second kappa shape index (κ2) is 9.43. The Balaban J connectivity index is 2.12. The first kappa shape index (κ1) is 25.2. The number of carbonyl (C=O) groups is 1. The van der Waals surface area contributed by atoms with Gasteiger partial charge in [0, 0.05) is 28.7 Å². The van der Waals surface area contributed by atoms with E-state index in [0.29, 0.717) is 16.6 Å². The van der Waals surface area contributed by atoms with Crippen LogP contribution in [0.2, 0.25) is 0 Å². The van der Waals surface area contributed by atoms with Crippen LogP contribution >= 0.6 is 0 Å². The van der Waals surface area contributed by atoms with Crippen molar-refractivity contribution in [2.75, 3.05) is 11.5 Å². The van der Waals surface area contributed by atoms with Crippen LogP contribution in [0.4, 0.5) is 16.2 Å². The minimum Gasteiger partial charge on any atom is -0.443 e. The van der Waals surface area contributed by atoms with Crippen LogP contribution in [0.3, 0.4) is 0 Å². The number of hydrogen-bond acceptors (Lipinski definition) is 7. The number of nitro groups is 1. The monoisotopic (exact) mass is 489 g/mol. The third kappa shape index (κ3) is 5.72. The molecule has 10 nitrogen and oxygen atoms in total. The van der Waals surface area contributed by atoms with Crippen LogP contribution < -0.4 is 4.90 Å². The molecule has 0 spiro atoms. The number of aryl methyl sites for hydroxylation is 1. The summed E-state index contributed by atoms with van der Waals surface area (Å²) < 4.78 is 36.1.